The number of hydrogen-bond acceptors (Lipinski definition) is 4. The lowest BCUT2D eigenvalue weighted by Gasteiger charge is -2.13. The second-order valence-electron chi connectivity index (χ2n) is 3.83. The van der Waals surface area contributed by atoms with Crippen LogP contribution in [0.15, 0.2) is 22.8 Å². The number of rotatable bonds is 2. The van der Waals surface area contributed by atoms with Crippen molar-refractivity contribution in [1.29, 1.82) is 0 Å². The molecular weight excluding hydrogens is 395 g/mol. The van der Waals surface area contributed by atoms with E-state index < -0.39 is 17.6 Å². The van der Waals surface area contributed by atoms with Crippen molar-refractivity contribution < 1.29 is 18.0 Å². The Labute approximate surface area is 134 Å². The van der Waals surface area contributed by atoms with Crippen molar-refractivity contribution >= 4 is 55.6 Å². The minimum atomic E-state index is -4.57. The first kappa shape index (κ1) is 16.1. The molecule has 0 aliphatic carbocycles. The highest BCUT2D eigenvalue weighted by Crippen LogP contribution is 2.39. The number of anilines is 2. The zero-order chi connectivity index (χ0) is 15.8. The number of benzene rings is 1. The van der Waals surface area contributed by atoms with Gasteiger partial charge in [-0.2, -0.15) is 13.2 Å². The third kappa shape index (κ3) is 3.66. The fraction of sp³-hybridized carbons (Fsp3) is 0.0909. The van der Waals surface area contributed by atoms with Gasteiger partial charge in [0.2, 0.25) is 0 Å². The summed E-state index contributed by atoms with van der Waals surface area (Å²) < 4.78 is 38.2. The van der Waals surface area contributed by atoms with Gasteiger partial charge in [-0.1, -0.05) is 38.9 Å². The van der Waals surface area contributed by atoms with Crippen LogP contribution in [0.25, 0.3) is 0 Å². The topological polar surface area (TPSA) is 68.0 Å². The average molecular weight is 401 g/mol. The minimum Gasteiger partial charge on any atom is -0.375 e. The smallest absolute Gasteiger partial charge is 0.375 e. The van der Waals surface area contributed by atoms with E-state index in [0.717, 1.165) is 23.5 Å². The van der Waals surface area contributed by atoms with E-state index in [9.17, 15) is 18.0 Å². The predicted molar refractivity (Wildman–Crippen MR) is 78.6 cm³/mol. The number of alkyl halides is 3. The average Bonchev–Trinajstić information content (AvgIpc) is 2.77. The summed E-state index contributed by atoms with van der Waals surface area (Å²) in [7, 11) is 0. The van der Waals surface area contributed by atoms with Gasteiger partial charge in [-0.25, -0.2) is 4.98 Å². The first-order chi connectivity index (χ1) is 9.68. The van der Waals surface area contributed by atoms with Gasteiger partial charge in [0.1, 0.15) is 4.88 Å². The number of hydrogen-bond donors (Lipinski definition) is 2. The minimum absolute atomic E-state index is 0.0271. The molecule has 0 radical (unpaired) electrons. The van der Waals surface area contributed by atoms with Crippen molar-refractivity contribution in [1.82, 2.24) is 4.98 Å². The van der Waals surface area contributed by atoms with Gasteiger partial charge in [-0.05, 0) is 12.1 Å². The SMILES string of the molecule is Nc1ncc(C(=O)Nc2cc(C(F)(F)F)c(Br)cc2Cl)s1. The molecule has 3 N–H and O–H groups in total. The zero-order valence-corrected chi connectivity index (χ0v) is 13.1. The summed E-state index contributed by atoms with van der Waals surface area (Å²) in [5.41, 5.74) is 4.30. The molecule has 0 saturated carbocycles. The van der Waals surface area contributed by atoms with Gasteiger partial charge in [0.05, 0.1) is 22.5 Å². The summed E-state index contributed by atoms with van der Waals surface area (Å²) in [6, 6.07) is 1.83. The van der Waals surface area contributed by atoms with Crippen LogP contribution in [0, 0.1) is 0 Å². The molecule has 1 amide bonds. The Hall–Kier alpha value is -1.32. The van der Waals surface area contributed by atoms with E-state index >= 15 is 0 Å². The number of carbonyl (C=O) groups is 1. The lowest BCUT2D eigenvalue weighted by molar-refractivity contribution is -0.138. The summed E-state index contributed by atoms with van der Waals surface area (Å²) in [4.78, 5) is 15.7. The highest BCUT2D eigenvalue weighted by molar-refractivity contribution is 9.10. The Morgan fingerprint density at radius 2 is 2.10 bits per heavy atom. The summed E-state index contributed by atoms with van der Waals surface area (Å²) in [6.45, 7) is 0. The highest BCUT2D eigenvalue weighted by Gasteiger charge is 2.34. The fourth-order valence-electron chi connectivity index (χ4n) is 1.44. The maximum atomic E-state index is 12.8. The first-order valence-electron chi connectivity index (χ1n) is 5.27. The quantitative estimate of drug-likeness (QED) is 0.784. The number of carbonyl (C=O) groups excluding carboxylic acids is 1. The van der Waals surface area contributed by atoms with Crippen LogP contribution in [-0.4, -0.2) is 10.9 Å². The summed E-state index contributed by atoms with van der Waals surface area (Å²) >= 11 is 9.54. The van der Waals surface area contributed by atoms with Crippen LogP contribution in [0.3, 0.4) is 0 Å². The van der Waals surface area contributed by atoms with Gasteiger partial charge in [0.15, 0.2) is 5.13 Å². The molecule has 4 nitrogen and oxygen atoms in total. The fourth-order valence-corrected chi connectivity index (χ4v) is 2.93. The van der Waals surface area contributed by atoms with Crippen molar-refractivity contribution in [2.75, 3.05) is 11.1 Å². The largest absolute Gasteiger partial charge is 0.417 e. The second kappa shape index (κ2) is 5.82. The van der Waals surface area contributed by atoms with Gasteiger partial charge in [-0.3, -0.25) is 4.79 Å². The molecule has 1 aromatic heterocycles. The normalized spacial score (nSPS) is 11.5. The van der Waals surface area contributed by atoms with Crippen molar-refractivity contribution in [2.45, 2.75) is 6.18 Å². The number of aromatic nitrogens is 1. The van der Waals surface area contributed by atoms with Crippen LogP contribution in [0.1, 0.15) is 15.2 Å². The third-order valence-corrected chi connectivity index (χ3v) is 4.15. The molecule has 0 bridgehead atoms. The molecule has 1 heterocycles. The molecule has 0 aliphatic heterocycles. The Balaban J connectivity index is 2.34. The number of nitrogens with zero attached hydrogens (tertiary/aromatic N) is 1. The van der Waals surface area contributed by atoms with Gasteiger partial charge in [0.25, 0.3) is 5.91 Å². The Morgan fingerprint density at radius 3 is 2.62 bits per heavy atom. The van der Waals surface area contributed by atoms with Crippen LogP contribution < -0.4 is 11.1 Å². The maximum Gasteiger partial charge on any atom is 0.417 e. The van der Waals surface area contributed by atoms with Crippen molar-refractivity contribution in [3.05, 3.63) is 38.3 Å². The number of thiazole rings is 1. The molecule has 112 valence electrons. The van der Waals surface area contributed by atoms with E-state index in [1.807, 2.05) is 0 Å². The Kier molecular flexibility index (Phi) is 4.45. The van der Waals surface area contributed by atoms with Crippen molar-refractivity contribution in [3.8, 4) is 0 Å². The van der Waals surface area contributed by atoms with E-state index in [1.54, 1.807) is 0 Å². The van der Waals surface area contributed by atoms with Crippen LogP contribution in [0.2, 0.25) is 5.02 Å². The predicted octanol–water partition coefficient (Wildman–Crippen LogP) is 4.41. The van der Waals surface area contributed by atoms with Gasteiger partial charge >= 0.3 is 6.18 Å². The molecule has 0 unspecified atom stereocenters. The molecule has 21 heavy (non-hydrogen) atoms. The van der Waals surface area contributed by atoms with E-state index in [0.29, 0.717) is 0 Å². The molecule has 0 atom stereocenters. The molecule has 10 heteroatoms. The number of nitrogen functional groups attached to an aromatic ring is 1. The third-order valence-electron chi connectivity index (χ3n) is 2.36. The molecular formula is C11H6BrClF3N3OS. The summed E-state index contributed by atoms with van der Waals surface area (Å²) in [5, 5.41) is 2.45. The van der Waals surface area contributed by atoms with Gasteiger partial charge in [-0.15, -0.1) is 0 Å². The van der Waals surface area contributed by atoms with Gasteiger partial charge < -0.3 is 11.1 Å². The second-order valence-corrected chi connectivity index (χ2v) is 6.15. The van der Waals surface area contributed by atoms with Crippen LogP contribution in [0.5, 0.6) is 0 Å². The zero-order valence-electron chi connectivity index (χ0n) is 9.96. The maximum absolute atomic E-state index is 12.8. The number of halogens is 5. The molecule has 1 aromatic carbocycles. The Morgan fingerprint density at radius 1 is 1.43 bits per heavy atom. The lowest BCUT2D eigenvalue weighted by atomic mass is 10.2. The number of nitrogens with two attached hydrogens (primary N) is 1. The Bertz CT molecular complexity index is 705. The first-order valence-corrected chi connectivity index (χ1v) is 7.26. The van der Waals surface area contributed by atoms with Crippen LogP contribution >= 0.6 is 38.9 Å². The van der Waals surface area contributed by atoms with Crippen molar-refractivity contribution in [3.63, 3.8) is 0 Å². The van der Waals surface area contributed by atoms with Gasteiger partial charge in [0, 0.05) is 4.47 Å². The lowest BCUT2D eigenvalue weighted by Crippen LogP contribution is -2.13. The standard InChI is InChI=1S/C11H6BrClF3N3OS/c12-5-2-6(13)7(1-4(5)11(14,15)16)19-9(20)8-3-18-10(17)21-8/h1-3H,(H2,17,18)(H,19,20). The highest BCUT2D eigenvalue weighted by atomic mass is 79.9. The monoisotopic (exact) mass is 399 g/mol. The van der Waals surface area contributed by atoms with E-state index in [1.165, 1.54) is 6.20 Å². The van der Waals surface area contributed by atoms with E-state index in [-0.39, 0.29) is 25.2 Å². The number of amides is 1. The summed E-state index contributed by atoms with van der Waals surface area (Å²) in [6.07, 6.45) is -3.34. The summed E-state index contributed by atoms with van der Waals surface area (Å²) in [5.74, 6) is -0.637. The molecule has 0 spiro atoms. The molecule has 0 saturated heterocycles. The number of nitrogens with one attached hydrogen (secondary N) is 1. The molecule has 2 aromatic rings. The molecule has 0 fully saturated rings. The van der Waals surface area contributed by atoms with E-state index in [2.05, 4.69) is 26.2 Å². The van der Waals surface area contributed by atoms with Crippen LogP contribution in [0.4, 0.5) is 24.0 Å². The van der Waals surface area contributed by atoms with E-state index in [4.69, 9.17) is 17.3 Å². The molecule has 2 rings (SSSR count). The van der Waals surface area contributed by atoms with Crippen LogP contribution in [-0.2, 0) is 6.18 Å². The molecule has 0 aliphatic rings. The van der Waals surface area contributed by atoms with Crippen molar-refractivity contribution in [2.24, 2.45) is 0 Å².